The molecule has 0 saturated heterocycles. The van der Waals surface area contributed by atoms with Gasteiger partial charge < -0.3 is 4.40 Å². The van der Waals surface area contributed by atoms with Crippen molar-refractivity contribution in [3.63, 3.8) is 0 Å². The predicted molar refractivity (Wildman–Crippen MR) is 212 cm³/mol. The van der Waals surface area contributed by atoms with Gasteiger partial charge in [0.1, 0.15) is 5.65 Å². The van der Waals surface area contributed by atoms with Gasteiger partial charge in [-0.1, -0.05) is 127 Å². The summed E-state index contributed by atoms with van der Waals surface area (Å²) in [4.78, 5) is 5.49. The monoisotopic (exact) mass is 633 g/mol. The van der Waals surface area contributed by atoms with E-state index in [1.807, 2.05) is 0 Å². The van der Waals surface area contributed by atoms with Gasteiger partial charge in [-0.25, -0.2) is 4.98 Å². The van der Waals surface area contributed by atoms with Gasteiger partial charge in [-0.3, -0.25) is 4.40 Å². The SMILES string of the molecule is c1ccc2c(c1)ccc1c3ccccc3n3cc4ccc(-c5ccc6c7ccc8ccccc8c7c7c8ccccc8cn7c6n5)cc4c3c21. The Kier molecular flexibility index (Phi) is 4.97. The van der Waals surface area contributed by atoms with Crippen LogP contribution in [0.3, 0.4) is 0 Å². The number of hydrogen-bond donors (Lipinski definition) is 0. The number of rotatable bonds is 1. The molecule has 0 atom stereocenters. The zero-order valence-corrected chi connectivity index (χ0v) is 26.9. The van der Waals surface area contributed by atoms with Crippen LogP contribution in [-0.4, -0.2) is 13.8 Å². The van der Waals surface area contributed by atoms with Crippen molar-refractivity contribution in [2.75, 3.05) is 0 Å². The molecule has 5 aromatic heterocycles. The second-order valence-electron chi connectivity index (χ2n) is 13.6. The molecular formula is C47H27N3. The molecule has 0 bridgehead atoms. The standard InChI is InChI=1S/C47H27N3/c1-4-12-33-28(9-1)19-21-37-36-15-7-8-16-42(36)49-26-32-18-17-30(25-40(32)46(49)43(33)37)41-24-23-39-38-22-20-29-10-2-5-13-34(29)44(38)45-35-14-6-3-11-31(35)27-50(45)47(39)48-41/h1-27H. The number of para-hydroxylation sites is 1. The van der Waals surface area contributed by atoms with Crippen LogP contribution < -0.4 is 0 Å². The first-order valence-corrected chi connectivity index (χ1v) is 17.2. The molecule has 7 aromatic carbocycles. The van der Waals surface area contributed by atoms with Crippen LogP contribution in [0.2, 0.25) is 0 Å². The van der Waals surface area contributed by atoms with Crippen molar-refractivity contribution in [3.05, 3.63) is 164 Å². The quantitative estimate of drug-likeness (QED) is 0.165. The van der Waals surface area contributed by atoms with E-state index in [2.05, 4.69) is 173 Å². The topological polar surface area (TPSA) is 21.7 Å². The van der Waals surface area contributed by atoms with Crippen molar-refractivity contribution in [2.45, 2.75) is 0 Å². The fourth-order valence-electron chi connectivity index (χ4n) is 8.81. The molecule has 0 radical (unpaired) electrons. The van der Waals surface area contributed by atoms with E-state index in [0.29, 0.717) is 0 Å². The van der Waals surface area contributed by atoms with Gasteiger partial charge in [-0.2, -0.15) is 0 Å². The molecule has 3 nitrogen and oxygen atoms in total. The Bertz CT molecular complexity index is 3440. The van der Waals surface area contributed by atoms with E-state index in [1.54, 1.807) is 0 Å². The molecule has 230 valence electrons. The van der Waals surface area contributed by atoms with Crippen molar-refractivity contribution in [1.29, 1.82) is 0 Å². The smallest absolute Gasteiger partial charge is 0.145 e. The maximum atomic E-state index is 5.49. The van der Waals surface area contributed by atoms with Crippen LogP contribution in [0.25, 0.3) is 109 Å². The average Bonchev–Trinajstić information content (AvgIpc) is 3.77. The molecule has 0 spiro atoms. The van der Waals surface area contributed by atoms with E-state index in [4.69, 9.17) is 4.98 Å². The van der Waals surface area contributed by atoms with Crippen LogP contribution in [0.5, 0.6) is 0 Å². The van der Waals surface area contributed by atoms with Gasteiger partial charge in [0.2, 0.25) is 0 Å². The number of nitrogens with zero attached hydrogens (tertiary/aromatic N) is 3. The second kappa shape index (κ2) is 9.46. The summed E-state index contributed by atoms with van der Waals surface area (Å²) in [6, 6.07) is 55.4. The van der Waals surface area contributed by atoms with E-state index < -0.39 is 0 Å². The highest BCUT2D eigenvalue weighted by atomic mass is 15.0. The summed E-state index contributed by atoms with van der Waals surface area (Å²) in [5, 5.41) is 17.5. The van der Waals surface area contributed by atoms with Gasteiger partial charge in [0.25, 0.3) is 0 Å². The Morgan fingerprint density at radius 2 is 0.900 bits per heavy atom. The maximum absolute atomic E-state index is 5.49. The lowest BCUT2D eigenvalue weighted by molar-refractivity contribution is 1.22. The van der Waals surface area contributed by atoms with Gasteiger partial charge >= 0.3 is 0 Å². The van der Waals surface area contributed by atoms with Crippen LogP contribution in [-0.2, 0) is 0 Å². The third-order valence-electron chi connectivity index (χ3n) is 11.0. The van der Waals surface area contributed by atoms with Crippen LogP contribution in [0.4, 0.5) is 0 Å². The van der Waals surface area contributed by atoms with Crippen LogP contribution in [0, 0.1) is 0 Å². The van der Waals surface area contributed by atoms with Crippen molar-refractivity contribution in [3.8, 4) is 11.3 Å². The number of pyridine rings is 3. The summed E-state index contributed by atoms with van der Waals surface area (Å²) in [5.41, 5.74) is 6.72. The molecule has 0 N–H and O–H groups in total. The summed E-state index contributed by atoms with van der Waals surface area (Å²) in [7, 11) is 0. The highest BCUT2D eigenvalue weighted by Crippen LogP contribution is 2.42. The van der Waals surface area contributed by atoms with Gasteiger partial charge in [0.05, 0.1) is 22.2 Å². The molecular weight excluding hydrogens is 607 g/mol. The first kappa shape index (κ1) is 26.3. The van der Waals surface area contributed by atoms with Crippen molar-refractivity contribution in [2.24, 2.45) is 0 Å². The lowest BCUT2D eigenvalue weighted by Crippen LogP contribution is -1.95. The molecule has 5 heterocycles. The molecule has 0 fully saturated rings. The Hall–Kier alpha value is -6.71. The third-order valence-corrected chi connectivity index (χ3v) is 11.0. The minimum atomic E-state index is 0.966. The zero-order chi connectivity index (χ0) is 32.5. The van der Waals surface area contributed by atoms with Crippen molar-refractivity contribution in [1.82, 2.24) is 13.8 Å². The van der Waals surface area contributed by atoms with Crippen molar-refractivity contribution >= 4 is 97.6 Å². The lowest BCUT2D eigenvalue weighted by Gasteiger charge is -2.13. The molecule has 0 aliphatic rings. The van der Waals surface area contributed by atoms with E-state index in [-0.39, 0.29) is 0 Å². The highest BCUT2D eigenvalue weighted by Gasteiger charge is 2.18. The fourth-order valence-corrected chi connectivity index (χ4v) is 8.81. The third kappa shape index (κ3) is 3.36. The first-order chi connectivity index (χ1) is 24.8. The van der Waals surface area contributed by atoms with E-state index in [9.17, 15) is 0 Å². The van der Waals surface area contributed by atoms with Gasteiger partial charge in [0.15, 0.2) is 0 Å². The molecule has 0 amide bonds. The Morgan fingerprint density at radius 3 is 1.66 bits per heavy atom. The highest BCUT2D eigenvalue weighted by molar-refractivity contribution is 6.29. The summed E-state index contributed by atoms with van der Waals surface area (Å²) in [5.74, 6) is 0. The Labute approximate surface area is 285 Å². The van der Waals surface area contributed by atoms with E-state index >= 15 is 0 Å². The van der Waals surface area contributed by atoms with Crippen LogP contribution in [0.1, 0.15) is 0 Å². The van der Waals surface area contributed by atoms with Crippen LogP contribution >= 0.6 is 0 Å². The molecule has 3 heteroatoms. The van der Waals surface area contributed by atoms with Gasteiger partial charge in [0, 0.05) is 61.0 Å². The van der Waals surface area contributed by atoms with E-state index in [1.165, 1.54) is 86.6 Å². The molecule has 0 unspecified atom stereocenters. The van der Waals surface area contributed by atoms with Crippen LogP contribution in [0.15, 0.2) is 164 Å². The van der Waals surface area contributed by atoms with Gasteiger partial charge in [-0.05, 0) is 56.6 Å². The molecule has 12 aromatic rings. The lowest BCUT2D eigenvalue weighted by atomic mass is 9.97. The summed E-state index contributed by atoms with van der Waals surface area (Å²) < 4.78 is 4.73. The average molecular weight is 634 g/mol. The fraction of sp³-hybridized carbons (Fsp3) is 0. The zero-order valence-electron chi connectivity index (χ0n) is 26.9. The van der Waals surface area contributed by atoms with Gasteiger partial charge in [-0.15, -0.1) is 0 Å². The number of benzene rings is 7. The Balaban J connectivity index is 1.19. The summed E-state index contributed by atoms with van der Waals surface area (Å²) >= 11 is 0. The molecule has 0 aliphatic heterocycles. The number of fused-ring (bicyclic) bond motifs is 20. The first-order valence-electron chi connectivity index (χ1n) is 17.2. The summed E-state index contributed by atoms with van der Waals surface area (Å²) in [6.45, 7) is 0. The largest absolute Gasteiger partial charge is 0.315 e. The van der Waals surface area contributed by atoms with Crippen molar-refractivity contribution < 1.29 is 0 Å². The molecule has 0 aliphatic carbocycles. The number of hydrogen-bond acceptors (Lipinski definition) is 1. The normalized spacial score (nSPS) is 12.4. The molecule has 0 saturated carbocycles. The number of aromatic nitrogens is 3. The summed E-state index contributed by atoms with van der Waals surface area (Å²) in [6.07, 6.45) is 4.56. The molecule has 50 heavy (non-hydrogen) atoms. The maximum Gasteiger partial charge on any atom is 0.145 e. The Morgan fingerprint density at radius 1 is 0.360 bits per heavy atom. The molecule has 12 rings (SSSR count). The minimum Gasteiger partial charge on any atom is -0.315 e. The van der Waals surface area contributed by atoms with E-state index in [0.717, 1.165) is 22.3 Å². The second-order valence-corrected chi connectivity index (χ2v) is 13.6. The minimum absolute atomic E-state index is 0.966. The predicted octanol–water partition coefficient (Wildman–Crippen LogP) is 12.5.